The molecule has 0 aliphatic carbocycles. The van der Waals surface area contributed by atoms with Gasteiger partial charge in [0.2, 0.25) is 15.9 Å². The van der Waals surface area contributed by atoms with E-state index in [9.17, 15) is 13.2 Å². The lowest BCUT2D eigenvalue weighted by atomic mass is 9.99. The van der Waals surface area contributed by atoms with Gasteiger partial charge in [-0.25, -0.2) is 8.42 Å². The van der Waals surface area contributed by atoms with E-state index >= 15 is 0 Å². The topological polar surface area (TPSA) is 84.9 Å². The average molecular weight is 435 g/mol. The maximum atomic E-state index is 12.9. The zero-order chi connectivity index (χ0) is 22.5. The highest BCUT2D eigenvalue weighted by Crippen LogP contribution is 2.30. The summed E-state index contributed by atoms with van der Waals surface area (Å²) in [5, 5.41) is 2.94. The fourth-order valence-electron chi connectivity index (χ4n) is 3.09. The summed E-state index contributed by atoms with van der Waals surface area (Å²) in [6.07, 6.45) is 0.695. The predicted octanol–water partition coefficient (Wildman–Crippen LogP) is 3.21. The Morgan fingerprint density at radius 3 is 2.27 bits per heavy atom. The van der Waals surface area contributed by atoms with Crippen LogP contribution in [0.4, 0.5) is 0 Å². The Balaban J connectivity index is 2.14. The third kappa shape index (κ3) is 5.31. The molecule has 1 amide bonds. The standard InChI is InChI=1S/C22H30N2O5S/c1-7-19(17-9-8-15(2)16(3)12-17)23-22(25)14-24(4)30(26,27)18-10-11-20(28-5)21(13-18)29-6/h8-13,19H,7,14H2,1-6H3,(H,23,25). The molecule has 0 bridgehead atoms. The van der Waals surface area contributed by atoms with Crippen molar-refractivity contribution >= 4 is 15.9 Å². The summed E-state index contributed by atoms with van der Waals surface area (Å²) >= 11 is 0. The van der Waals surface area contributed by atoms with Crippen LogP contribution < -0.4 is 14.8 Å². The minimum Gasteiger partial charge on any atom is -0.493 e. The summed E-state index contributed by atoms with van der Waals surface area (Å²) in [6, 6.07) is 10.2. The number of sulfonamides is 1. The number of hydrogen-bond donors (Lipinski definition) is 1. The summed E-state index contributed by atoms with van der Waals surface area (Å²) in [5.41, 5.74) is 3.33. The highest BCUT2D eigenvalue weighted by molar-refractivity contribution is 7.89. The lowest BCUT2D eigenvalue weighted by Crippen LogP contribution is -2.39. The van der Waals surface area contributed by atoms with Gasteiger partial charge in [-0.05, 0) is 49.1 Å². The van der Waals surface area contributed by atoms with E-state index in [4.69, 9.17) is 9.47 Å². The summed E-state index contributed by atoms with van der Waals surface area (Å²) in [5.74, 6) is 0.361. The van der Waals surface area contributed by atoms with Gasteiger partial charge in [-0.3, -0.25) is 4.79 Å². The van der Waals surface area contributed by atoms with Crippen LogP contribution in [-0.2, 0) is 14.8 Å². The Bertz CT molecular complexity index is 1000. The third-order valence-corrected chi connectivity index (χ3v) is 6.91. The summed E-state index contributed by atoms with van der Waals surface area (Å²) in [4.78, 5) is 12.6. The van der Waals surface area contributed by atoms with Crippen LogP contribution in [0.2, 0.25) is 0 Å². The number of hydrogen-bond acceptors (Lipinski definition) is 5. The molecule has 7 nitrogen and oxygen atoms in total. The minimum atomic E-state index is -3.87. The van der Waals surface area contributed by atoms with E-state index in [1.165, 1.54) is 45.0 Å². The minimum absolute atomic E-state index is 0.0247. The van der Waals surface area contributed by atoms with Gasteiger partial charge >= 0.3 is 0 Å². The smallest absolute Gasteiger partial charge is 0.243 e. The largest absolute Gasteiger partial charge is 0.493 e. The highest BCUT2D eigenvalue weighted by Gasteiger charge is 2.25. The molecule has 0 saturated carbocycles. The van der Waals surface area contributed by atoms with E-state index in [1.807, 2.05) is 39.0 Å². The SMILES string of the molecule is CCC(NC(=O)CN(C)S(=O)(=O)c1ccc(OC)c(OC)c1)c1ccc(C)c(C)c1. The van der Waals surface area contributed by atoms with Crippen LogP contribution in [0, 0.1) is 13.8 Å². The van der Waals surface area contributed by atoms with Gasteiger partial charge in [0.15, 0.2) is 11.5 Å². The molecule has 1 unspecified atom stereocenters. The zero-order valence-corrected chi connectivity index (χ0v) is 19.2. The van der Waals surface area contributed by atoms with Crippen LogP contribution in [0.1, 0.15) is 36.1 Å². The van der Waals surface area contributed by atoms with E-state index in [0.29, 0.717) is 17.9 Å². The number of benzene rings is 2. The number of carbonyl (C=O) groups excluding carboxylic acids is 1. The predicted molar refractivity (Wildman–Crippen MR) is 116 cm³/mol. The van der Waals surface area contributed by atoms with Crippen LogP contribution >= 0.6 is 0 Å². The van der Waals surface area contributed by atoms with Gasteiger partial charge in [0.1, 0.15) is 0 Å². The summed E-state index contributed by atoms with van der Waals surface area (Å²) < 4.78 is 37.1. The van der Waals surface area contributed by atoms with Gasteiger partial charge in [0, 0.05) is 13.1 Å². The first kappa shape index (κ1) is 23.7. The first-order valence-electron chi connectivity index (χ1n) is 9.68. The molecule has 0 fully saturated rings. The van der Waals surface area contributed by atoms with E-state index in [2.05, 4.69) is 5.32 Å². The van der Waals surface area contributed by atoms with Crippen molar-refractivity contribution in [3.63, 3.8) is 0 Å². The molecule has 2 aromatic carbocycles. The van der Waals surface area contributed by atoms with Gasteiger partial charge in [0.25, 0.3) is 0 Å². The fourth-order valence-corrected chi connectivity index (χ4v) is 4.23. The third-order valence-electron chi connectivity index (χ3n) is 5.11. The van der Waals surface area contributed by atoms with Crippen LogP contribution in [-0.4, -0.2) is 46.4 Å². The second kappa shape index (κ2) is 9.95. The number of amides is 1. The summed E-state index contributed by atoms with van der Waals surface area (Å²) in [7, 11) is 0.411. The van der Waals surface area contributed by atoms with Crippen LogP contribution in [0.3, 0.4) is 0 Å². The molecular formula is C22H30N2O5S. The molecule has 164 valence electrons. The molecule has 1 N–H and O–H groups in total. The van der Waals surface area contributed by atoms with Crippen LogP contribution in [0.15, 0.2) is 41.3 Å². The Morgan fingerprint density at radius 2 is 1.70 bits per heavy atom. The van der Waals surface area contributed by atoms with E-state index in [0.717, 1.165) is 15.4 Å². The number of nitrogens with zero attached hydrogens (tertiary/aromatic N) is 1. The van der Waals surface area contributed by atoms with Gasteiger partial charge in [-0.15, -0.1) is 0 Å². The second-order valence-electron chi connectivity index (χ2n) is 7.15. The Kier molecular flexibility index (Phi) is 7.86. The van der Waals surface area contributed by atoms with Crippen LogP contribution in [0.25, 0.3) is 0 Å². The molecule has 0 saturated heterocycles. The molecule has 2 rings (SSSR count). The number of carbonyl (C=O) groups is 1. The average Bonchev–Trinajstić information content (AvgIpc) is 2.73. The molecule has 0 radical (unpaired) electrons. The molecule has 0 aliphatic heterocycles. The van der Waals surface area contributed by atoms with Crippen molar-refractivity contribution in [2.75, 3.05) is 27.8 Å². The highest BCUT2D eigenvalue weighted by atomic mass is 32.2. The number of ether oxygens (including phenoxy) is 2. The first-order chi connectivity index (χ1) is 14.1. The molecule has 2 aromatic rings. The van der Waals surface area contributed by atoms with Crippen molar-refractivity contribution in [1.82, 2.24) is 9.62 Å². The maximum Gasteiger partial charge on any atom is 0.243 e. The van der Waals surface area contributed by atoms with Gasteiger partial charge in [-0.2, -0.15) is 4.31 Å². The molecular weight excluding hydrogens is 404 g/mol. The molecule has 1 atom stereocenters. The van der Waals surface area contributed by atoms with Crippen molar-refractivity contribution in [2.45, 2.75) is 38.1 Å². The van der Waals surface area contributed by atoms with E-state index < -0.39 is 10.0 Å². The number of aryl methyl sites for hydroxylation is 2. The quantitative estimate of drug-likeness (QED) is 0.655. The lowest BCUT2D eigenvalue weighted by Gasteiger charge is -2.22. The van der Waals surface area contributed by atoms with Gasteiger partial charge in [-0.1, -0.05) is 25.1 Å². The Labute approximate surface area is 179 Å². The normalized spacial score (nSPS) is 12.5. The second-order valence-corrected chi connectivity index (χ2v) is 9.19. The van der Waals surface area contributed by atoms with Crippen molar-refractivity contribution in [2.24, 2.45) is 0 Å². The van der Waals surface area contributed by atoms with Crippen molar-refractivity contribution < 1.29 is 22.7 Å². The maximum absolute atomic E-state index is 12.9. The molecule has 0 aromatic heterocycles. The molecule has 30 heavy (non-hydrogen) atoms. The van der Waals surface area contributed by atoms with E-state index in [1.54, 1.807) is 0 Å². The molecule has 0 spiro atoms. The number of methoxy groups -OCH3 is 2. The number of likely N-dealkylation sites (N-methyl/N-ethyl adjacent to an activating group) is 1. The molecule has 8 heteroatoms. The van der Waals surface area contributed by atoms with Gasteiger partial charge in [0.05, 0.1) is 31.7 Å². The van der Waals surface area contributed by atoms with Crippen LogP contribution in [0.5, 0.6) is 11.5 Å². The summed E-state index contributed by atoms with van der Waals surface area (Å²) in [6.45, 7) is 5.74. The molecule has 0 heterocycles. The van der Waals surface area contributed by atoms with Crippen molar-refractivity contribution in [1.29, 1.82) is 0 Å². The van der Waals surface area contributed by atoms with E-state index in [-0.39, 0.29) is 23.4 Å². The Morgan fingerprint density at radius 1 is 1.03 bits per heavy atom. The Hall–Kier alpha value is -2.58. The zero-order valence-electron chi connectivity index (χ0n) is 18.4. The number of nitrogens with one attached hydrogen (secondary N) is 1. The fraction of sp³-hybridized carbons (Fsp3) is 0.409. The van der Waals surface area contributed by atoms with Crippen molar-refractivity contribution in [3.05, 3.63) is 53.1 Å². The first-order valence-corrected chi connectivity index (χ1v) is 11.1. The van der Waals surface area contributed by atoms with Gasteiger partial charge < -0.3 is 14.8 Å². The number of rotatable bonds is 9. The molecule has 0 aliphatic rings. The lowest BCUT2D eigenvalue weighted by molar-refractivity contribution is -0.121. The van der Waals surface area contributed by atoms with Crippen molar-refractivity contribution in [3.8, 4) is 11.5 Å². The monoisotopic (exact) mass is 434 g/mol.